The second-order valence-electron chi connectivity index (χ2n) is 4.69. The van der Waals surface area contributed by atoms with Crippen LogP contribution >= 0.6 is 0 Å². The van der Waals surface area contributed by atoms with E-state index in [4.69, 9.17) is 4.74 Å². The average molecular weight is 198 g/mol. The zero-order valence-electron chi connectivity index (χ0n) is 9.58. The first-order chi connectivity index (χ1) is 6.61. The fourth-order valence-corrected chi connectivity index (χ4v) is 2.02. The predicted octanol–water partition coefficient (Wildman–Crippen LogP) is 3.15. The van der Waals surface area contributed by atoms with Crippen molar-refractivity contribution in [2.24, 2.45) is 11.8 Å². The van der Waals surface area contributed by atoms with Crippen LogP contribution in [-0.4, -0.2) is 12.1 Å². The first kappa shape index (κ1) is 11.5. The van der Waals surface area contributed by atoms with Crippen molar-refractivity contribution in [2.45, 2.75) is 59.0 Å². The van der Waals surface area contributed by atoms with Crippen LogP contribution in [0.25, 0.3) is 0 Å². The Morgan fingerprint density at radius 3 is 2.21 bits per heavy atom. The number of hydrogen-bond acceptors (Lipinski definition) is 2. The van der Waals surface area contributed by atoms with Crippen molar-refractivity contribution in [3.8, 4) is 0 Å². The first-order valence-electron chi connectivity index (χ1n) is 5.81. The molecule has 2 nitrogen and oxygen atoms in total. The molecular formula is C12H22O2. The molecule has 1 aliphatic rings. The van der Waals surface area contributed by atoms with Gasteiger partial charge in [-0.05, 0) is 25.7 Å². The molecule has 0 unspecified atom stereocenters. The molecule has 14 heavy (non-hydrogen) atoms. The van der Waals surface area contributed by atoms with Crippen molar-refractivity contribution in [3.63, 3.8) is 0 Å². The number of carbonyl (C=O) groups is 1. The molecule has 1 aliphatic carbocycles. The Balaban J connectivity index is 2.32. The van der Waals surface area contributed by atoms with E-state index >= 15 is 0 Å². The van der Waals surface area contributed by atoms with E-state index in [2.05, 4.69) is 0 Å². The quantitative estimate of drug-likeness (QED) is 0.651. The van der Waals surface area contributed by atoms with Crippen molar-refractivity contribution in [2.75, 3.05) is 0 Å². The minimum atomic E-state index is -0.0527. The summed E-state index contributed by atoms with van der Waals surface area (Å²) in [7, 11) is 0. The maximum atomic E-state index is 11.4. The minimum Gasteiger partial charge on any atom is -0.462 e. The van der Waals surface area contributed by atoms with Gasteiger partial charge in [-0.25, -0.2) is 0 Å². The number of carbonyl (C=O) groups excluding carboxylic acids is 1. The zero-order chi connectivity index (χ0) is 10.6. The van der Waals surface area contributed by atoms with Crippen molar-refractivity contribution < 1.29 is 9.53 Å². The number of esters is 1. The van der Waals surface area contributed by atoms with Crippen molar-refractivity contribution in [1.29, 1.82) is 0 Å². The lowest BCUT2D eigenvalue weighted by atomic mass is 9.86. The molecule has 0 radical (unpaired) electrons. The second kappa shape index (κ2) is 5.38. The lowest BCUT2D eigenvalue weighted by molar-refractivity contribution is -0.155. The van der Waals surface area contributed by atoms with Gasteiger partial charge in [-0.3, -0.25) is 4.79 Å². The standard InChI is InChI=1S/C12H22O2/c1-9(2)12(13)14-10(3)11-7-5-4-6-8-11/h9-11H,4-8H2,1-3H3/t10-/m0/s1. The minimum absolute atomic E-state index is 0.000963. The van der Waals surface area contributed by atoms with Gasteiger partial charge in [0, 0.05) is 0 Å². The molecule has 82 valence electrons. The Morgan fingerprint density at radius 2 is 1.71 bits per heavy atom. The lowest BCUT2D eigenvalue weighted by Gasteiger charge is -2.27. The van der Waals surface area contributed by atoms with Gasteiger partial charge in [0.15, 0.2) is 0 Å². The Bertz CT molecular complexity index is 181. The summed E-state index contributed by atoms with van der Waals surface area (Å²) in [6.07, 6.45) is 6.52. The van der Waals surface area contributed by atoms with E-state index in [1.807, 2.05) is 20.8 Å². The van der Waals surface area contributed by atoms with Gasteiger partial charge in [0.2, 0.25) is 0 Å². The van der Waals surface area contributed by atoms with E-state index < -0.39 is 0 Å². The van der Waals surface area contributed by atoms with Crippen LogP contribution in [0.2, 0.25) is 0 Å². The molecule has 2 heteroatoms. The van der Waals surface area contributed by atoms with Crippen LogP contribution in [0, 0.1) is 11.8 Å². The highest BCUT2D eigenvalue weighted by atomic mass is 16.5. The molecule has 1 rings (SSSR count). The van der Waals surface area contributed by atoms with Crippen molar-refractivity contribution >= 4 is 5.97 Å². The summed E-state index contributed by atoms with van der Waals surface area (Å²) < 4.78 is 5.41. The van der Waals surface area contributed by atoms with E-state index in [0.717, 1.165) is 0 Å². The maximum absolute atomic E-state index is 11.4. The average Bonchev–Trinajstić information content (AvgIpc) is 2.19. The summed E-state index contributed by atoms with van der Waals surface area (Å²) in [5, 5.41) is 0. The first-order valence-corrected chi connectivity index (χ1v) is 5.81. The topological polar surface area (TPSA) is 26.3 Å². The van der Waals surface area contributed by atoms with Crippen LogP contribution in [0.4, 0.5) is 0 Å². The Labute approximate surface area is 87.0 Å². The van der Waals surface area contributed by atoms with Crippen molar-refractivity contribution in [3.05, 3.63) is 0 Å². The predicted molar refractivity (Wildman–Crippen MR) is 57.0 cm³/mol. The smallest absolute Gasteiger partial charge is 0.308 e. The lowest BCUT2D eigenvalue weighted by Crippen LogP contribution is -2.27. The normalized spacial score (nSPS) is 20.9. The summed E-state index contributed by atoms with van der Waals surface area (Å²) in [4.78, 5) is 11.4. The molecule has 1 saturated carbocycles. The molecule has 0 aromatic heterocycles. The monoisotopic (exact) mass is 198 g/mol. The Hall–Kier alpha value is -0.530. The molecule has 0 saturated heterocycles. The molecule has 0 spiro atoms. The molecule has 0 aromatic carbocycles. The van der Waals surface area contributed by atoms with Gasteiger partial charge in [0.25, 0.3) is 0 Å². The third-order valence-electron chi connectivity index (χ3n) is 3.09. The van der Waals surface area contributed by atoms with Gasteiger partial charge in [-0.15, -0.1) is 0 Å². The summed E-state index contributed by atoms with van der Waals surface area (Å²) in [6, 6.07) is 0. The van der Waals surface area contributed by atoms with Gasteiger partial charge in [0.1, 0.15) is 6.10 Å². The Kier molecular flexibility index (Phi) is 4.43. The molecule has 1 atom stereocenters. The van der Waals surface area contributed by atoms with Gasteiger partial charge in [-0.2, -0.15) is 0 Å². The third kappa shape index (κ3) is 3.32. The molecule has 0 N–H and O–H groups in total. The van der Waals surface area contributed by atoms with Crippen LogP contribution in [0.3, 0.4) is 0 Å². The summed E-state index contributed by atoms with van der Waals surface area (Å²) in [6.45, 7) is 5.81. The molecule has 1 fully saturated rings. The van der Waals surface area contributed by atoms with E-state index in [1.54, 1.807) is 0 Å². The SMILES string of the molecule is CC(C)C(=O)O[C@@H](C)C1CCCCC1. The zero-order valence-corrected chi connectivity index (χ0v) is 9.58. The molecule has 0 aromatic rings. The molecular weight excluding hydrogens is 176 g/mol. The van der Waals surface area contributed by atoms with Crippen LogP contribution in [0.15, 0.2) is 0 Å². The summed E-state index contributed by atoms with van der Waals surface area (Å²) in [5.74, 6) is 0.551. The van der Waals surface area contributed by atoms with Crippen LogP contribution < -0.4 is 0 Å². The maximum Gasteiger partial charge on any atom is 0.308 e. The van der Waals surface area contributed by atoms with Gasteiger partial charge in [0.05, 0.1) is 5.92 Å². The van der Waals surface area contributed by atoms with E-state index in [0.29, 0.717) is 5.92 Å². The second-order valence-corrected chi connectivity index (χ2v) is 4.69. The third-order valence-corrected chi connectivity index (χ3v) is 3.09. The van der Waals surface area contributed by atoms with Gasteiger partial charge in [-0.1, -0.05) is 33.1 Å². The van der Waals surface area contributed by atoms with E-state index in [1.165, 1.54) is 32.1 Å². The molecule has 0 heterocycles. The highest BCUT2D eigenvalue weighted by Crippen LogP contribution is 2.28. The van der Waals surface area contributed by atoms with Gasteiger partial charge >= 0.3 is 5.97 Å². The van der Waals surface area contributed by atoms with Crippen LogP contribution in [0.1, 0.15) is 52.9 Å². The van der Waals surface area contributed by atoms with Crippen molar-refractivity contribution in [1.82, 2.24) is 0 Å². The van der Waals surface area contributed by atoms with E-state index in [9.17, 15) is 4.79 Å². The number of hydrogen-bond donors (Lipinski definition) is 0. The van der Waals surface area contributed by atoms with Crippen LogP contribution in [-0.2, 0) is 9.53 Å². The summed E-state index contributed by atoms with van der Waals surface area (Å²) >= 11 is 0. The fourth-order valence-electron chi connectivity index (χ4n) is 2.02. The van der Waals surface area contributed by atoms with Gasteiger partial charge < -0.3 is 4.74 Å². The Morgan fingerprint density at radius 1 is 1.14 bits per heavy atom. The molecule has 0 bridgehead atoms. The van der Waals surface area contributed by atoms with Crippen LogP contribution in [0.5, 0.6) is 0 Å². The fraction of sp³-hybridized carbons (Fsp3) is 0.917. The highest BCUT2D eigenvalue weighted by Gasteiger charge is 2.23. The number of ether oxygens (including phenoxy) is 1. The highest BCUT2D eigenvalue weighted by molar-refractivity contribution is 5.71. The number of rotatable bonds is 3. The van der Waals surface area contributed by atoms with E-state index in [-0.39, 0.29) is 18.0 Å². The largest absolute Gasteiger partial charge is 0.462 e. The summed E-state index contributed by atoms with van der Waals surface area (Å²) in [5.41, 5.74) is 0. The molecule has 0 amide bonds. The molecule has 0 aliphatic heterocycles.